The number of rotatable bonds is 2. The molecule has 0 atom stereocenters. The number of amides is 1. The minimum absolute atomic E-state index is 0.168. The summed E-state index contributed by atoms with van der Waals surface area (Å²) in [6.45, 7) is 7.02. The van der Waals surface area contributed by atoms with Gasteiger partial charge in [0.15, 0.2) is 11.6 Å². The molecular formula is C14H17BrF2N2O. The molecule has 0 aliphatic carbocycles. The van der Waals surface area contributed by atoms with E-state index in [1.165, 1.54) is 0 Å². The van der Waals surface area contributed by atoms with Crippen LogP contribution in [0.1, 0.15) is 24.2 Å². The third kappa shape index (κ3) is 3.17. The molecule has 3 nitrogen and oxygen atoms in total. The predicted molar refractivity (Wildman–Crippen MR) is 76.7 cm³/mol. The molecule has 110 valence electrons. The van der Waals surface area contributed by atoms with E-state index in [2.05, 4.69) is 34.7 Å². The van der Waals surface area contributed by atoms with Crippen molar-refractivity contribution in [2.24, 2.45) is 0 Å². The van der Waals surface area contributed by atoms with Crippen LogP contribution in [-0.4, -0.2) is 47.9 Å². The van der Waals surface area contributed by atoms with E-state index in [0.29, 0.717) is 19.1 Å². The lowest BCUT2D eigenvalue weighted by atomic mass is 10.1. The molecule has 6 heteroatoms. The number of carbonyl (C=O) groups excluding carboxylic acids is 1. The molecule has 1 aromatic rings. The SMILES string of the molecule is CC(C)N1CCN(C(=O)c2cc(F)c(F)cc2Br)CC1. The molecule has 0 N–H and O–H groups in total. The molecule has 0 bridgehead atoms. The topological polar surface area (TPSA) is 23.6 Å². The van der Waals surface area contributed by atoms with Gasteiger partial charge in [0.1, 0.15) is 0 Å². The van der Waals surface area contributed by atoms with Gasteiger partial charge in [-0.2, -0.15) is 0 Å². The molecule has 1 aliphatic rings. The third-order valence-electron chi connectivity index (χ3n) is 3.57. The maximum absolute atomic E-state index is 13.3. The average molecular weight is 347 g/mol. The molecule has 2 rings (SSSR count). The Bertz CT molecular complexity index is 514. The second kappa shape index (κ2) is 6.18. The molecule has 0 aromatic heterocycles. The highest BCUT2D eigenvalue weighted by atomic mass is 79.9. The van der Waals surface area contributed by atoms with Gasteiger partial charge >= 0.3 is 0 Å². The van der Waals surface area contributed by atoms with Crippen LogP contribution in [0.2, 0.25) is 0 Å². The van der Waals surface area contributed by atoms with E-state index < -0.39 is 11.6 Å². The van der Waals surface area contributed by atoms with Gasteiger partial charge in [-0.25, -0.2) is 8.78 Å². The highest BCUT2D eigenvalue weighted by Crippen LogP contribution is 2.22. The standard InChI is InChI=1S/C14H17BrF2N2O/c1-9(2)18-3-5-19(6-4-18)14(20)10-7-12(16)13(17)8-11(10)15/h7-9H,3-6H2,1-2H3. The number of halogens is 3. The van der Waals surface area contributed by atoms with Gasteiger partial charge in [0.05, 0.1) is 5.56 Å². The Labute approximate surface area is 125 Å². The third-order valence-corrected chi connectivity index (χ3v) is 4.23. The molecule has 1 saturated heterocycles. The van der Waals surface area contributed by atoms with E-state index in [1.807, 2.05) is 0 Å². The molecule has 20 heavy (non-hydrogen) atoms. The molecule has 1 aliphatic heterocycles. The van der Waals surface area contributed by atoms with Crippen LogP contribution >= 0.6 is 15.9 Å². The normalized spacial score (nSPS) is 16.8. The highest BCUT2D eigenvalue weighted by molar-refractivity contribution is 9.10. The van der Waals surface area contributed by atoms with Gasteiger partial charge in [0.2, 0.25) is 0 Å². The lowest BCUT2D eigenvalue weighted by molar-refractivity contribution is 0.0594. The Balaban J connectivity index is 2.11. The fourth-order valence-electron chi connectivity index (χ4n) is 2.30. The van der Waals surface area contributed by atoms with Gasteiger partial charge in [-0.15, -0.1) is 0 Å². The molecule has 0 unspecified atom stereocenters. The van der Waals surface area contributed by atoms with Crippen molar-refractivity contribution in [1.82, 2.24) is 9.80 Å². The van der Waals surface area contributed by atoms with Crippen molar-refractivity contribution in [3.05, 3.63) is 33.8 Å². The first-order valence-corrected chi connectivity index (χ1v) is 7.37. The van der Waals surface area contributed by atoms with Crippen LogP contribution in [0.4, 0.5) is 8.78 Å². The maximum atomic E-state index is 13.3. The number of piperazine rings is 1. The van der Waals surface area contributed by atoms with Crippen molar-refractivity contribution in [1.29, 1.82) is 0 Å². The summed E-state index contributed by atoms with van der Waals surface area (Å²) < 4.78 is 26.6. The lowest BCUT2D eigenvalue weighted by Gasteiger charge is -2.37. The van der Waals surface area contributed by atoms with Crippen molar-refractivity contribution in [2.45, 2.75) is 19.9 Å². The molecule has 1 heterocycles. The van der Waals surface area contributed by atoms with Crippen LogP contribution in [-0.2, 0) is 0 Å². The Hall–Kier alpha value is -1.01. The van der Waals surface area contributed by atoms with E-state index in [9.17, 15) is 13.6 Å². The first kappa shape index (κ1) is 15.4. The smallest absolute Gasteiger partial charge is 0.255 e. The Kier molecular flexibility index (Phi) is 4.75. The summed E-state index contributed by atoms with van der Waals surface area (Å²) in [4.78, 5) is 16.3. The highest BCUT2D eigenvalue weighted by Gasteiger charge is 2.25. The van der Waals surface area contributed by atoms with E-state index >= 15 is 0 Å². The van der Waals surface area contributed by atoms with Crippen molar-refractivity contribution in [2.75, 3.05) is 26.2 Å². The molecule has 0 saturated carbocycles. The largest absolute Gasteiger partial charge is 0.336 e. The van der Waals surface area contributed by atoms with Gasteiger partial charge in [-0.05, 0) is 41.9 Å². The second-order valence-electron chi connectivity index (χ2n) is 5.17. The van der Waals surface area contributed by atoms with Crippen molar-refractivity contribution in [3.63, 3.8) is 0 Å². The summed E-state index contributed by atoms with van der Waals surface area (Å²) in [7, 11) is 0. The van der Waals surface area contributed by atoms with E-state index in [0.717, 1.165) is 25.2 Å². The monoisotopic (exact) mass is 346 g/mol. The lowest BCUT2D eigenvalue weighted by Crippen LogP contribution is -2.50. The first-order chi connectivity index (χ1) is 9.40. The number of hydrogen-bond donors (Lipinski definition) is 0. The summed E-state index contributed by atoms with van der Waals surface area (Å²) in [6, 6.07) is 2.39. The van der Waals surface area contributed by atoms with Crippen molar-refractivity contribution >= 4 is 21.8 Å². The zero-order valence-electron chi connectivity index (χ0n) is 11.5. The Morgan fingerprint density at radius 2 is 1.70 bits per heavy atom. The summed E-state index contributed by atoms with van der Waals surface area (Å²) >= 11 is 3.12. The van der Waals surface area contributed by atoms with Crippen molar-refractivity contribution in [3.8, 4) is 0 Å². The summed E-state index contributed by atoms with van der Waals surface area (Å²) in [6.07, 6.45) is 0. The van der Waals surface area contributed by atoms with Crippen LogP contribution in [0.5, 0.6) is 0 Å². The zero-order valence-corrected chi connectivity index (χ0v) is 13.1. The van der Waals surface area contributed by atoms with E-state index in [-0.39, 0.29) is 15.9 Å². The summed E-state index contributed by atoms with van der Waals surface area (Å²) in [5, 5.41) is 0. The summed E-state index contributed by atoms with van der Waals surface area (Å²) in [5.74, 6) is -2.23. The van der Waals surface area contributed by atoms with Crippen LogP contribution in [0.25, 0.3) is 0 Å². The molecular weight excluding hydrogens is 330 g/mol. The fourth-order valence-corrected chi connectivity index (χ4v) is 2.78. The number of nitrogens with zero attached hydrogens (tertiary/aromatic N) is 2. The second-order valence-corrected chi connectivity index (χ2v) is 6.02. The summed E-state index contributed by atoms with van der Waals surface area (Å²) in [5.41, 5.74) is 0.168. The number of hydrogen-bond acceptors (Lipinski definition) is 2. The predicted octanol–water partition coefficient (Wildman–Crippen LogP) is 2.89. The minimum atomic E-state index is -1.00. The molecule has 1 amide bonds. The van der Waals surface area contributed by atoms with Gasteiger partial charge in [-0.3, -0.25) is 9.69 Å². The molecule has 0 spiro atoms. The van der Waals surface area contributed by atoms with Crippen LogP contribution in [0.15, 0.2) is 16.6 Å². The maximum Gasteiger partial charge on any atom is 0.255 e. The van der Waals surface area contributed by atoms with Gasteiger partial charge in [-0.1, -0.05) is 0 Å². The van der Waals surface area contributed by atoms with Crippen LogP contribution in [0.3, 0.4) is 0 Å². The first-order valence-electron chi connectivity index (χ1n) is 6.58. The average Bonchev–Trinajstić information content (AvgIpc) is 2.42. The van der Waals surface area contributed by atoms with Gasteiger partial charge < -0.3 is 4.90 Å². The Morgan fingerprint density at radius 3 is 2.25 bits per heavy atom. The number of benzene rings is 1. The van der Waals surface area contributed by atoms with Crippen LogP contribution < -0.4 is 0 Å². The Morgan fingerprint density at radius 1 is 1.15 bits per heavy atom. The molecule has 0 radical (unpaired) electrons. The minimum Gasteiger partial charge on any atom is -0.336 e. The van der Waals surface area contributed by atoms with Gasteiger partial charge in [0, 0.05) is 36.7 Å². The fraction of sp³-hybridized carbons (Fsp3) is 0.500. The quantitative estimate of drug-likeness (QED) is 0.768. The zero-order chi connectivity index (χ0) is 14.9. The van der Waals surface area contributed by atoms with Crippen molar-refractivity contribution < 1.29 is 13.6 Å². The van der Waals surface area contributed by atoms with Crippen LogP contribution in [0, 0.1) is 11.6 Å². The van der Waals surface area contributed by atoms with E-state index in [1.54, 1.807) is 4.90 Å². The van der Waals surface area contributed by atoms with E-state index in [4.69, 9.17) is 0 Å². The molecule has 1 aromatic carbocycles. The number of carbonyl (C=O) groups is 1. The molecule has 1 fully saturated rings. The van der Waals surface area contributed by atoms with Gasteiger partial charge in [0.25, 0.3) is 5.91 Å².